The molecule has 0 aliphatic carbocycles. The zero-order valence-corrected chi connectivity index (χ0v) is 11.1. The first-order chi connectivity index (χ1) is 8.56. The molecule has 1 aromatic rings. The van der Waals surface area contributed by atoms with Gasteiger partial charge in [0.15, 0.2) is 5.11 Å². The monoisotopic (exact) mass is 270 g/mol. The number of hydrogen-bond donors (Lipinski definition) is 1. The maximum absolute atomic E-state index is 13.5. The smallest absolute Gasteiger partial charge is 0.173 e. The number of nitrogens with one attached hydrogen (secondary N) is 1. The van der Waals surface area contributed by atoms with Gasteiger partial charge in [0.05, 0.1) is 5.69 Å². The Morgan fingerprint density at radius 2 is 2.00 bits per heavy atom. The van der Waals surface area contributed by atoms with Gasteiger partial charge in [0.1, 0.15) is 11.6 Å². The molecule has 0 amide bonds. The van der Waals surface area contributed by atoms with E-state index in [1.807, 2.05) is 4.90 Å². The molecule has 98 valence electrons. The third-order valence-electron chi connectivity index (χ3n) is 3.24. The van der Waals surface area contributed by atoms with E-state index in [2.05, 4.69) is 12.2 Å². The predicted molar refractivity (Wildman–Crippen MR) is 72.5 cm³/mol. The number of hydrogen-bond acceptors (Lipinski definition) is 1. The average molecular weight is 270 g/mol. The minimum absolute atomic E-state index is 0.222. The van der Waals surface area contributed by atoms with Crippen molar-refractivity contribution in [1.82, 2.24) is 4.90 Å². The Morgan fingerprint density at radius 3 is 2.61 bits per heavy atom. The van der Waals surface area contributed by atoms with E-state index >= 15 is 0 Å². The van der Waals surface area contributed by atoms with Crippen molar-refractivity contribution >= 4 is 23.0 Å². The molecule has 1 aliphatic rings. The van der Waals surface area contributed by atoms with Crippen molar-refractivity contribution in [3.63, 3.8) is 0 Å². The van der Waals surface area contributed by atoms with Gasteiger partial charge in [0.25, 0.3) is 0 Å². The van der Waals surface area contributed by atoms with Gasteiger partial charge < -0.3 is 10.2 Å². The van der Waals surface area contributed by atoms with Crippen LogP contribution in [0, 0.1) is 17.6 Å². The van der Waals surface area contributed by atoms with Crippen LogP contribution in [0.15, 0.2) is 18.2 Å². The minimum atomic E-state index is -0.622. The summed E-state index contributed by atoms with van der Waals surface area (Å²) in [5, 5.41) is 3.34. The van der Waals surface area contributed by atoms with Crippen LogP contribution in [-0.2, 0) is 0 Å². The second kappa shape index (κ2) is 5.61. The molecule has 1 saturated heterocycles. The molecule has 0 bridgehead atoms. The number of piperidine rings is 1. The molecular weight excluding hydrogens is 254 g/mol. The normalized spacial score (nSPS) is 16.7. The predicted octanol–water partition coefficient (Wildman–Crippen LogP) is 3.39. The summed E-state index contributed by atoms with van der Waals surface area (Å²) in [6, 6.07) is 3.43. The Labute approximate surface area is 111 Å². The number of halogens is 2. The van der Waals surface area contributed by atoms with Crippen molar-refractivity contribution in [2.45, 2.75) is 19.8 Å². The molecule has 1 aromatic carbocycles. The molecule has 0 unspecified atom stereocenters. The van der Waals surface area contributed by atoms with E-state index in [0.717, 1.165) is 32.0 Å². The van der Waals surface area contributed by atoms with Gasteiger partial charge in [-0.25, -0.2) is 8.78 Å². The molecule has 2 rings (SSSR count). The summed E-state index contributed by atoms with van der Waals surface area (Å²) in [7, 11) is 0. The van der Waals surface area contributed by atoms with Gasteiger partial charge in [-0.3, -0.25) is 0 Å². The molecule has 0 saturated carbocycles. The summed E-state index contributed by atoms with van der Waals surface area (Å²) < 4.78 is 26.2. The quantitative estimate of drug-likeness (QED) is 0.787. The summed E-state index contributed by atoms with van der Waals surface area (Å²) in [6.07, 6.45) is 2.18. The van der Waals surface area contributed by atoms with Crippen LogP contribution in [-0.4, -0.2) is 23.1 Å². The second-order valence-corrected chi connectivity index (χ2v) is 5.11. The van der Waals surface area contributed by atoms with Crippen molar-refractivity contribution in [3.8, 4) is 0 Å². The summed E-state index contributed by atoms with van der Waals surface area (Å²) in [5.41, 5.74) is 0.222. The van der Waals surface area contributed by atoms with Crippen molar-refractivity contribution in [1.29, 1.82) is 0 Å². The number of benzene rings is 1. The first-order valence-corrected chi connectivity index (χ1v) is 6.48. The molecule has 1 heterocycles. The van der Waals surface area contributed by atoms with Crippen molar-refractivity contribution in [3.05, 3.63) is 29.8 Å². The Kier molecular flexibility index (Phi) is 4.11. The van der Waals surface area contributed by atoms with Gasteiger partial charge in [0.2, 0.25) is 0 Å². The number of anilines is 1. The Hall–Kier alpha value is -1.23. The highest BCUT2D eigenvalue weighted by Gasteiger charge is 2.18. The van der Waals surface area contributed by atoms with Crippen molar-refractivity contribution in [2.75, 3.05) is 18.4 Å². The van der Waals surface area contributed by atoms with E-state index in [1.165, 1.54) is 12.1 Å². The van der Waals surface area contributed by atoms with Gasteiger partial charge in [-0.2, -0.15) is 0 Å². The van der Waals surface area contributed by atoms with Crippen LogP contribution in [0.25, 0.3) is 0 Å². The molecule has 5 heteroatoms. The van der Waals surface area contributed by atoms with Gasteiger partial charge in [-0.15, -0.1) is 0 Å². The number of nitrogens with zero attached hydrogens (tertiary/aromatic N) is 1. The molecule has 0 atom stereocenters. The fourth-order valence-corrected chi connectivity index (χ4v) is 2.29. The van der Waals surface area contributed by atoms with Crippen LogP contribution in [0.1, 0.15) is 19.8 Å². The highest BCUT2D eigenvalue weighted by Crippen LogP contribution is 2.19. The van der Waals surface area contributed by atoms with Crippen LogP contribution in [0.5, 0.6) is 0 Å². The molecule has 2 nitrogen and oxygen atoms in total. The number of thiocarbonyl (C=S) groups is 1. The third-order valence-corrected chi connectivity index (χ3v) is 3.60. The van der Waals surface area contributed by atoms with E-state index in [4.69, 9.17) is 12.2 Å². The Balaban J connectivity index is 1.98. The SMILES string of the molecule is CC1CCN(C(=S)Nc2ccc(F)cc2F)CC1. The van der Waals surface area contributed by atoms with Crippen LogP contribution >= 0.6 is 12.2 Å². The highest BCUT2D eigenvalue weighted by atomic mass is 32.1. The first-order valence-electron chi connectivity index (χ1n) is 6.07. The lowest BCUT2D eigenvalue weighted by Crippen LogP contribution is -2.40. The van der Waals surface area contributed by atoms with E-state index in [9.17, 15) is 8.78 Å². The Morgan fingerprint density at radius 1 is 1.33 bits per heavy atom. The Bertz CT molecular complexity index is 443. The van der Waals surface area contributed by atoms with Gasteiger partial charge >= 0.3 is 0 Å². The van der Waals surface area contributed by atoms with Crippen molar-refractivity contribution < 1.29 is 8.78 Å². The lowest BCUT2D eigenvalue weighted by molar-refractivity contribution is 0.283. The molecule has 1 N–H and O–H groups in total. The van der Waals surface area contributed by atoms with Crippen LogP contribution in [0.2, 0.25) is 0 Å². The van der Waals surface area contributed by atoms with Crippen molar-refractivity contribution in [2.24, 2.45) is 5.92 Å². The highest BCUT2D eigenvalue weighted by molar-refractivity contribution is 7.80. The molecule has 1 fully saturated rings. The summed E-state index contributed by atoms with van der Waals surface area (Å²) >= 11 is 5.24. The van der Waals surface area contributed by atoms with E-state index in [-0.39, 0.29) is 5.69 Å². The molecule has 0 spiro atoms. The fourth-order valence-electron chi connectivity index (χ4n) is 2.00. The summed E-state index contributed by atoms with van der Waals surface area (Å²) in [4.78, 5) is 2.03. The maximum atomic E-state index is 13.5. The van der Waals surface area contributed by atoms with Crippen LogP contribution in [0.4, 0.5) is 14.5 Å². The summed E-state index contributed by atoms with van der Waals surface area (Å²) in [6.45, 7) is 3.99. The van der Waals surface area contributed by atoms with E-state index in [1.54, 1.807) is 0 Å². The third kappa shape index (κ3) is 3.16. The van der Waals surface area contributed by atoms with E-state index < -0.39 is 11.6 Å². The first kappa shape index (κ1) is 13.2. The van der Waals surface area contributed by atoms with Crippen LogP contribution in [0.3, 0.4) is 0 Å². The fraction of sp³-hybridized carbons (Fsp3) is 0.462. The van der Waals surface area contributed by atoms with Crippen LogP contribution < -0.4 is 5.32 Å². The largest absolute Gasteiger partial charge is 0.349 e. The molecule has 18 heavy (non-hydrogen) atoms. The van der Waals surface area contributed by atoms with Gasteiger partial charge in [-0.1, -0.05) is 6.92 Å². The summed E-state index contributed by atoms with van der Waals surface area (Å²) in [5.74, 6) is -0.495. The standard InChI is InChI=1S/C13H16F2N2S/c1-9-4-6-17(7-5-9)13(18)16-12-3-2-10(14)8-11(12)15/h2-3,8-9H,4-7H2,1H3,(H,16,18). The zero-order valence-electron chi connectivity index (χ0n) is 10.2. The molecule has 0 radical (unpaired) electrons. The number of likely N-dealkylation sites (tertiary alicyclic amines) is 1. The average Bonchev–Trinajstić information content (AvgIpc) is 2.33. The molecular formula is C13H16F2N2S. The maximum Gasteiger partial charge on any atom is 0.173 e. The zero-order chi connectivity index (χ0) is 13.1. The van der Waals surface area contributed by atoms with Gasteiger partial charge in [-0.05, 0) is 43.1 Å². The van der Waals surface area contributed by atoms with Gasteiger partial charge in [0, 0.05) is 19.2 Å². The lowest BCUT2D eigenvalue weighted by Gasteiger charge is -2.32. The molecule has 0 aromatic heterocycles. The number of rotatable bonds is 1. The van der Waals surface area contributed by atoms with E-state index in [0.29, 0.717) is 11.0 Å². The lowest BCUT2D eigenvalue weighted by atomic mass is 10.00. The topological polar surface area (TPSA) is 15.3 Å². The second-order valence-electron chi connectivity index (χ2n) is 4.72. The molecule has 1 aliphatic heterocycles. The minimum Gasteiger partial charge on any atom is -0.349 e.